The summed E-state index contributed by atoms with van der Waals surface area (Å²) in [6.07, 6.45) is 8.76. The van der Waals surface area contributed by atoms with Crippen molar-refractivity contribution in [1.29, 1.82) is 15.8 Å². The van der Waals surface area contributed by atoms with E-state index in [1.807, 2.05) is 60.7 Å². The van der Waals surface area contributed by atoms with Crippen LogP contribution in [0.3, 0.4) is 0 Å². The molecule has 2 aliphatic rings. The van der Waals surface area contributed by atoms with Crippen LogP contribution in [0, 0.1) is 34.0 Å². The molecule has 5 nitrogen and oxygen atoms in total. The third kappa shape index (κ3) is 4.37. The number of hydrogen-bond acceptors (Lipinski definition) is 4. The van der Waals surface area contributed by atoms with Crippen molar-refractivity contribution in [2.75, 3.05) is 4.90 Å². The van der Waals surface area contributed by atoms with Gasteiger partial charge >= 0.3 is 0 Å². The number of allylic oxidation sites excluding steroid dienone is 2. The molecule has 0 bridgehead atoms. The standard InChI is InChI=1S/C45H27N5/c46-26-29-17-22-45-39(23-29)37-12-4-6-14-42(37)49(45)33-20-18-30(19-21-33)38-25-31(24-32(27-47)40(38)28-48)34-9-1-5-13-41(34)50-43-15-7-2-10-35(43)36-11-3-8-16-44(36)50/h1-25,35,43H. The van der Waals surface area contributed by atoms with E-state index in [2.05, 4.69) is 119 Å². The van der Waals surface area contributed by atoms with Crippen molar-refractivity contribution in [2.45, 2.75) is 12.0 Å². The van der Waals surface area contributed by atoms with Crippen LogP contribution in [-0.2, 0) is 0 Å². The van der Waals surface area contributed by atoms with E-state index in [1.165, 1.54) is 11.3 Å². The van der Waals surface area contributed by atoms with Gasteiger partial charge in [-0.05, 0) is 77.4 Å². The molecule has 0 saturated carbocycles. The number of rotatable bonds is 4. The zero-order chi connectivity index (χ0) is 33.8. The van der Waals surface area contributed by atoms with E-state index >= 15 is 0 Å². The highest BCUT2D eigenvalue weighted by Crippen LogP contribution is 2.50. The van der Waals surface area contributed by atoms with Gasteiger partial charge in [-0.3, -0.25) is 0 Å². The van der Waals surface area contributed by atoms with Gasteiger partial charge in [0.25, 0.3) is 0 Å². The highest BCUT2D eigenvalue weighted by atomic mass is 15.2. The lowest BCUT2D eigenvalue weighted by atomic mass is 9.90. The van der Waals surface area contributed by atoms with Gasteiger partial charge in [0, 0.05) is 44.9 Å². The molecule has 2 unspecified atom stereocenters. The van der Waals surface area contributed by atoms with E-state index in [1.54, 1.807) is 0 Å². The number of nitrogens with zero attached hydrogens (tertiary/aromatic N) is 5. The van der Waals surface area contributed by atoms with Crippen molar-refractivity contribution in [2.24, 2.45) is 0 Å². The van der Waals surface area contributed by atoms with Gasteiger partial charge in [-0.2, -0.15) is 15.8 Å². The Morgan fingerprint density at radius 1 is 0.540 bits per heavy atom. The molecule has 1 aliphatic heterocycles. The molecule has 0 fully saturated rings. The number of benzene rings is 6. The molecule has 2 atom stereocenters. The lowest BCUT2D eigenvalue weighted by Crippen LogP contribution is -2.28. The second kappa shape index (κ2) is 11.5. The lowest BCUT2D eigenvalue weighted by molar-refractivity contribution is 0.745. The van der Waals surface area contributed by atoms with Crippen molar-refractivity contribution in [3.05, 3.63) is 174 Å². The number of para-hydroxylation sites is 3. The summed E-state index contributed by atoms with van der Waals surface area (Å²) in [6.45, 7) is 0. The number of nitriles is 3. The van der Waals surface area contributed by atoms with Crippen molar-refractivity contribution in [1.82, 2.24) is 4.57 Å². The summed E-state index contributed by atoms with van der Waals surface area (Å²) >= 11 is 0. The van der Waals surface area contributed by atoms with Crippen LogP contribution in [0.2, 0.25) is 0 Å². The third-order valence-electron chi connectivity index (χ3n) is 10.0. The predicted molar refractivity (Wildman–Crippen MR) is 199 cm³/mol. The SMILES string of the molecule is N#Cc1ccc2c(c1)c1ccccc1n2-c1ccc(-c2cc(-c3ccccc3N3c4ccccc4C4C=CC=CC43)cc(C#N)c2C#N)cc1. The normalized spacial score (nSPS) is 15.7. The fourth-order valence-corrected chi connectivity index (χ4v) is 7.84. The largest absolute Gasteiger partial charge is 0.333 e. The topological polar surface area (TPSA) is 79.5 Å². The van der Waals surface area contributed by atoms with Gasteiger partial charge in [0.2, 0.25) is 0 Å². The van der Waals surface area contributed by atoms with Crippen LogP contribution in [-0.4, -0.2) is 10.6 Å². The minimum absolute atomic E-state index is 0.131. The Kier molecular flexibility index (Phi) is 6.70. The quantitative estimate of drug-likeness (QED) is 0.192. The van der Waals surface area contributed by atoms with Crippen molar-refractivity contribution in [3.8, 4) is 46.1 Å². The van der Waals surface area contributed by atoms with Gasteiger partial charge in [0.15, 0.2) is 0 Å². The first kappa shape index (κ1) is 29.0. The average molecular weight is 638 g/mol. The van der Waals surface area contributed by atoms with E-state index in [4.69, 9.17) is 0 Å². The number of aromatic nitrogens is 1. The summed E-state index contributed by atoms with van der Waals surface area (Å²) in [7, 11) is 0. The maximum atomic E-state index is 10.4. The number of fused-ring (bicyclic) bond motifs is 6. The summed E-state index contributed by atoms with van der Waals surface area (Å²) in [5.74, 6) is 0.247. The molecular formula is C45H27N5. The monoisotopic (exact) mass is 637 g/mol. The molecular weight excluding hydrogens is 611 g/mol. The Morgan fingerprint density at radius 2 is 1.28 bits per heavy atom. The van der Waals surface area contributed by atoms with E-state index < -0.39 is 0 Å². The average Bonchev–Trinajstić information content (AvgIpc) is 3.70. The summed E-state index contributed by atoms with van der Waals surface area (Å²) in [5, 5.41) is 32.3. The first-order chi connectivity index (χ1) is 24.7. The summed E-state index contributed by atoms with van der Waals surface area (Å²) in [6, 6.07) is 50.0. The van der Waals surface area contributed by atoms with Crippen molar-refractivity contribution in [3.63, 3.8) is 0 Å². The molecule has 7 aromatic rings. The van der Waals surface area contributed by atoms with Gasteiger partial charge in [0.05, 0.1) is 39.8 Å². The zero-order valence-electron chi connectivity index (χ0n) is 26.8. The summed E-state index contributed by atoms with van der Waals surface area (Å²) in [5.41, 5.74) is 11.3. The van der Waals surface area contributed by atoms with E-state index in [9.17, 15) is 15.8 Å². The molecule has 50 heavy (non-hydrogen) atoms. The van der Waals surface area contributed by atoms with E-state index in [0.717, 1.165) is 49.9 Å². The van der Waals surface area contributed by atoms with Crippen LogP contribution in [0.4, 0.5) is 11.4 Å². The number of anilines is 2. The maximum Gasteiger partial charge on any atom is 0.101 e. The highest BCUT2D eigenvalue weighted by Gasteiger charge is 2.38. The molecule has 232 valence electrons. The Bertz CT molecular complexity index is 2710. The van der Waals surface area contributed by atoms with Gasteiger partial charge in [0.1, 0.15) is 12.1 Å². The third-order valence-corrected chi connectivity index (χ3v) is 10.0. The first-order valence-electron chi connectivity index (χ1n) is 16.5. The van der Waals surface area contributed by atoms with Gasteiger partial charge in [-0.25, -0.2) is 0 Å². The zero-order valence-corrected chi connectivity index (χ0v) is 26.8. The van der Waals surface area contributed by atoms with Gasteiger partial charge in [-0.15, -0.1) is 0 Å². The Morgan fingerprint density at radius 3 is 2.10 bits per heavy atom. The second-order valence-electron chi connectivity index (χ2n) is 12.6. The molecule has 0 amide bonds. The Hall–Kier alpha value is -7.13. The smallest absolute Gasteiger partial charge is 0.101 e. The molecule has 0 spiro atoms. The molecule has 6 aromatic carbocycles. The molecule has 1 aromatic heterocycles. The van der Waals surface area contributed by atoms with Crippen LogP contribution < -0.4 is 4.90 Å². The fraction of sp³-hybridized carbons (Fsp3) is 0.0444. The van der Waals surface area contributed by atoms with E-state index in [0.29, 0.717) is 22.3 Å². The maximum absolute atomic E-state index is 10.4. The molecule has 1 aliphatic carbocycles. The number of hydrogen-bond donors (Lipinski definition) is 0. The Balaban J connectivity index is 1.18. The van der Waals surface area contributed by atoms with Crippen molar-refractivity contribution < 1.29 is 0 Å². The van der Waals surface area contributed by atoms with Crippen LogP contribution in [0.15, 0.2) is 152 Å². The molecule has 0 radical (unpaired) electrons. The van der Waals surface area contributed by atoms with Crippen LogP contribution >= 0.6 is 0 Å². The molecule has 0 N–H and O–H groups in total. The highest BCUT2D eigenvalue weighted by molar-refractivity contribution is 6.09. The summed E-state index contributed by atoms with van der Waals surface area (Å²) in [4.78, 5) is 2.40. The first-order valence-corrected chi connectivity index (χ1v) is 16.5. The van der Waals surface area contributed by atoms with Crippen molar-refractivity contribution >= 4 is 33.2 Å². The summed E-state index contributed by atoms with van der Waals surface area (Å²) < 4.78 is 2.20. The van der Waals surface area contributed by atoms with Crippen LogP contribution in [0.25, 0.3) is 49.7 Å². The van der Waals surface area contributed by atoms with Crippen LogP contribution in [0.1, 0.15) is 28.2 Å². The van der Waals surface area contributed by atoms with Crippen LogP contribution in [0.5, 0.6) is 0 Å². The Labute approximate surface area is 289 Å². The molecule has 0 saturated heterocycles. The minimum Gasteiger partial charge on any atom is -0.333 e. The predicted octanol–water partition coefficient (Wildman–Crippen LogP) is 10.5. The molecule has 5 heteroatoms. The fourth-order valence-electron chi connectivity index (χ4n) is 7.84. The van der Waals surface area contributed by atoms with E-state index in [-0.39, 0.29) is 12.0 Å². The molecule has 9 rings (SSSR count). The van der Waals surface area contributed by atoms with Gasteiger partial charge in [-0.1, -0.05) is 91.0 Å². The second-order valence-corrected chi connectivity index (χ2v) is 12.6. The minimum atomic E-state index is 0.131. The lowest BCUT2D eigenvalue weighted by Gasteiger charge is -2.30. The molecule has 2 heterocycles. The van der Waals surface area contributed by atoms with Gasteiger partial charge < -0.3 is 9.47 Å².